The van der Waals surface area contributed by atoms with Crippen molar-refractivity contribution in [3.63, 3.8) is 0 Å². The van der Waals surface area contributed by atoms with Crippen LogP contribution in [-0.2, 0) is 24.3 Å². The number of carbonyl (C=O) groups is 1. The van der Waals surface area contributed by atoms with Crippen LogP contribution in [0.4, 0.5) is 5.69 Å². The van der Waals surface area contributed by atoms with Crippen LogP contribution in [0, 0.1) is 0 Å². The van der Waals surface area contributed by atoms with E-state index in [0.29, 0.717) is 31.5 Å². The van der Waals surface area contributed by atoms with E-state index in [1.165, 1.54) is 9.13 Å². The predicted octanol–water partition coefficient (Wildman–Crippen LogP) is 4.10. The largest absolute Gasteiger partial charge is 0.332 e. The van der Waals surface area contributed by atoms with Crippen LogP contribution in [0.15, 0.2) is 33.9 Å². The smallest absolute Gasteiger partial charge is 0.326 e. The first-order valence-electron chi connectivity index (χ1n) is 11.2. The number of aromatic amines is 1. The van der Waals surface area contributed by atoms with E-state index in [1.807, 2.05) is 24.3 Å². The van der Waals surface area contributed by atoms with Crippen molar-refractivity contribution < 1.29 is 4.79 Å². The van der Waals surface area contributed by atoms with Gasteiger partial charge in [0.1, 0.15) is 0 Å². The zero-order valence-corrected chi connectivity index (χ0v) is 19.4. The molecule has 3 rings (SSSR count). The Morgan fingerprint density at radius 2 is 1.84 bits per heavy atom. The van der Waals surface area contributed by atoms with Crippen LogP contribution >= 0.6 is 11.6 Å². The number of nitrogens with one attached hydrogen (secondary N) is 2. The van der Waals surface area contributed by atoms with Gasteiger partial charge in [-0.05, 0) is 55.0 Å². The fourth-order valence-corrected chi connectivity index (χ4v) is 3.88. The zero-order chi connectivity index (χ0) is 23.1. The molecule has 0 spiro atoms. The number of amides is 1. The molecule has 0 aliphatic carbocycles. The summed E-state index contributed by atoms with van der Waals surface area (Å²) in [7, 11) is 0. The molecule has 1 aromatic carbocycles. The van der Waals surface area contributed by atoms with Crippen LogP contribution in [0.2, 0.25) is 5.28 Å². The van der Waals surface area contributed by atoms with Crippen LogP contribution in [0.1, 0.15) is 57.9 Å². The second-order valence-corrected chi connectivity index (χ2v) is 8.24. The number of unbranched alkanes of at least 4 members (excludes halogenated alkanes) is 3. The molecule has 172 valence electrons. The number of nitrogens with zero attached hydrogens (tertiary/aromatic N) is 3. The molecule has 2 heterocycles. The van der Waals surface area contributed by atoms with Gasteiger partial charge in [0.2, 0.25) is 11.2 Å². The van der Waals surface area contributed by atoms with E-state index in [4.69, 9.17) is 11.6 Å². The molecule has 0 saturated carbocycles. The van der Waals surface area contributed by atoms with E-state index in [2.05, 4.69) is 29.1 Å². The van der Waals surface area contributed by atoms with Crippen LogP contribution in [-0.4, -0.2) is 25.0 Å². The summed E-state index contributed by atoms with van der Waals surface area (Å²) in [6.07, 6.45) is 5.11. The summed E-state index contributed by atoms with van der Waals surface area (Å²) in [6, 6.07) is 7.77. The Morgan fingerprint density at radius 3 is 2.59 bits per heavy atom. The summed E-state index contributed by atoms with van der Waals surface area (Å²) >= 11 is 5.97. The molecule has 2 N–H and O–H groups in total. The summed E-state index contributed by atoms with van der Waals surface area (Å²) in [5.41, 5.74) is 1.65. The van der Waals surface area contributed by atoms with Gasteiger partial charge in [-0.25, -0.2) is 4.79 Å². The summed E-state index contributed by atoms with van der Waals surface area (Å²) in [5.74, 6) is -0.0848. The average Bonchev–Trinajstić information content (AvgIpc) is 3.17. The number of hydrogen-bond donors (Lipinski definition) is 2. The monoisotopic (exact) mass is 459 g/mol. The van der Waals surface area contributed by atoms with Crippen molar-refractivity contribution in [2.75, 3.05) is 5.32 Å². The maximum absolute atomic E-state index is 13.0. The Morgan fingerprint density at radius 1 is 1.09 bits per heavy atom. The number of aromatic nitrogens is 4. The maximum Gasteiger partial charge on any atom is 0.332 e. The number of fused-ring (bicyclic) bond motifs is 1. The predicted molar refractivity (Wildman–Crippen MR) is 127 cm³/mol. The first-order chi connectivity index (χ1) is 15.4. The molecule has 0 unspecified atom stereocenters. The normalized spacial score (nSPS) is 11.2. The minimum atomic E-state index is -0.433. The SMILES string of the molecule is CCCCCn1c(=O)n(CCCCC(=O)Nc2cccc(CC)c2)c(=O)c2[nH]c(Cl)nc21. The highest BCUT2D eigenvalue weighted by molar-refractivity contribution is 6.28. The Balaban J connectivity index is 1.66. The fourth-order valence-electron chi connectivity index (χ4n) is 3.71. The maximum atomic E-state index is 13.0. The van der Waals surface area contributed by atoms with E-state index < -0.39 is 5.56 Å². The quantitative estimate of drug-likeness (QED) is 0.333. The van der Waals surface area contributed by atoms with Gasteiger partial charge in [-0.3, -0.25) is 18.7 Å². The number of H-pyrrole nitrogens is 1. The van der Waals surface area contributed by atoms with E-state index in [0.717, 1.165) is 36.9 Å². The number of aryl methyl sites for hydroxylation is 2. The van der Waals surface area contributed by atoms with Gasteiger partial charge in [0.25, 0.3) is 5.56 Å². The molecular weight excluding hydrogens is 430 g/mol. The van der Waals surface area contributed by atoms with Gasteiger partial charge in [0, 0.05) is 25.2 Å². The first-order valence-corrected chi connectivity index (χ1v) is 11.6. The first kappa shape index (κ1) is 23.8. The lowest BCUT2D eigenvalue weighted by Crippen LogP contribution is -2.40. The lowest BCUT2D eigenvalue weighted by Gasteiger charge is -2.11. The highest BCUT2D eigenvalue weighted by atomic mass is 35.5. The molecule has 2 aromatic heterocycles. The molecule has 0 bridgehead atoms. The number of imidazole rings is 1. The third-order valence-corrected chi connectivity index (χ3v) is 5.65. The van der Waals surface area contributed by atoms with Gasteiger partial charge < -0.3 is 10.3 Å². The summed E-state index contributed by atoms with van der Waals surface area (Å²) in [6.45, 7) is 4.86. The van der Waals surface area contributed by atoms with Crippen LogP contribution in [0.25, 0.3) is 11.2 Å². The standard InChI is InChI=1S/C23H30ClN5O3/c1-3-5-7-13-28-20-19(26-22(24)27-20)21(31)29(23(28)32)14-8-6-12-18(30)25-17-11-9-10-16(4-2)15-17/h9-11,15H,3-8,12-14H2,1-2H3,(H,25,30)(H,26,27). The van der Waals surface area contributed by atoms with Gasteiger partial charge in [0.05, 0.1) is 0 Å². The number of carbonyl (C=O) groups excluding carboxylic acids is 1. The number of hydrogen-bond acceptors (Lipinski definition) is 4. The van der Waals surface area contributed by atoms with Gasteiger partial charge in [-0.1, -0.05) is 38.8 Å². The van der Waals surface area contributed by atoms with Gasteiger partial charge in [-0.15, -0.1) is 0 Å². The summed E-state index contributed by atoms with van der Waals surface area (Å²) < 4.78 is 2.73. The second-order valence-electron chi connectivity index (χ2n) is 7.88. The Bertz CT molecular complexity index is 1190. The fraction of sp³-hybridized carbons (Fsp3) is 0.478. The van der Waals surface area contributed by atoms with E-state index in [-0.39, 0.29) is 28.9 Å². The lowest BCUT2D eigenvalue weighted by molar-refractivity contribution is -0.116. The van der Waals surface area contributed by atoms with E-state index in [1.54, 1.807) is 0 Å². The molecule has 3 aromatic rings. The molecule has 8 nitrogen and oxygen atoms in total. The third-order valence-electron chi connectivity index (χ3n) is 5.47. The molecule has 0 aliphatic heterocycles. The van der Waals surface area contributed by atoms with Crippen molar-refractivity contribution in [2.45, 2.75) is 71.9 Å². The number of rotatable bonds is 11. The van der Waals surface area contributed by atoms with Gasteiger partial charge in [-0.2, -0.15) is 4.98 Å². The van der Waals surface area contributed by atoms with Crippen LogP contribution < -0.4 is 16.6 Å². The van der Waals surface area contributed by atoms with Crippen molar-refractivity contribution >= 4 is 34.4 Å². The summed E-state index contributed by atoms with van der Waals surface area (Å²) in [4.78, 5) is 45.0. The minimum absolute atomic E-state index is 0.0848. The molecule has 0 atom stereocenters. The van der Waals surface area contributed by atoms with E-state index >= 15 is 0 Å². The molecule has 0 fully saturated rings. The Hall–Kier alpha value is -2.87. The van der Waals surface area contributed by atoms with Crippen molar-refractivity contribution in [3.05, 3.63) is 56.0 Å². The molecule has 0 radical (unpaired) electrons. The number of halogens is 1. The van der Waals surface area contributed by atoms with Crippen LogP contribution in [0.3, 0.4) is 0 Å². The lowest BCUT2D eigenvalue weighted by atomic mass is 10.1. The molecule has 32 heavy (non-hydrogen) atoms. The average molecular weight is 460 g/mol. The van der Waals surface area contributed by atoms with Crippen molar-refractivity contribution in [2.24, 2.45) is 0 Å². The summed E-state index contributed by atoms with van der Waals surface area (Å²) in [5, 5.41) is 2.99. The molecule has 9 heteroatoms. The van der Waals surface area contributed by atoms with Crippen molar-refractivity contribution in [1.29, 1.82) is 0 Å². The molecule has 0 saturated heterocycles. The Kier molecular flexibility index (Phi) is 8.27. The topological polar surface area (TPSA) is 102 Å². The Labute approximate surface area is 191 Å². The van der Waals surface area contributed by atoms with Crippen molar-refractivity contribution in [1.82, 2.24) is 19.1 Å². The molecule has 0 aliphatic rings. The number of benzene rings is 1. The van der Waals surface area contributed by atoms with Crippen molar-refractivity contribution in [3.8, 4) is 0 Å². The van der Waals surface area contributed by atoms with Crippen LogP contribution in [0.5, 0.6) is 0 Å². The minimum Gasteiger partial charge on any atom is -0.326 e. The zero-order valence-electron chi connectivity index (χ0n) is 18.6. The molecular formula is C23H30ClN5O3. The van der Waals surface area contributed by atoms with Gasteiger partial charge in [0.15, 0.2) is 11.2 Å². The highest BCUT2D eigenvalue weighted by Gasteiger charge is 2.16. The third kappa shape index (κ3) is 5.68. The highest BCUT2D eigenvalue weighted by Crippen LogP contribution is 2.13. The number of anilines is 1. The van der Waals surface area contributed by atoms with E-state index in [9.17, 15) is 14.4 Å². The molecule has 1 amide bonds. The van der Waals surface area contributed by atoms with Gasteiger partial charge >= 0.3 is 5.69 Å². The second kappa shape index (κ2) is 11.1.